The normalized spacial score (nSPS) is 31.8. The van der Waals surface area contributed by atoms with E-state index in [1.54, 1.807) is 6.92 Å². The third-order valence-corrected chi connectivity index (χ3v) is 21.6. The number of fused-ring (bicyclic) bond motifs is 7. The van der Waals surface area contributed by atoms with Crippen LogP contribution in [0, 0.1) is 71.0 Å². The molecule has 2 aromatic rings. The second-order valence-corrected chi connectivity index (χ2v) is 28.3. The number of carbonyl (C=O) groups is 7. The van der Waals surface area contributed by atoms with Gasteiger partial charge in [0.2, 0.25) is 41.4 Å². The van der Waals surface area contributed by atoms with E-state index < -0.39 is 143 Å². The zero-order chi connectivity index (χ0) is 68.7. The number of hydrogen-bond acceptors (Lipinski definition) is 19. The number of carbonyl (C=O) groups excluding carboxylic acids is 7. The van der Waals surface area contributed by atoms with Gasteiger partial charge >= 0.3 is 16.8 Å². The third-order valence-electron chi connectivity index (χ3n) is 20.5. The molecule has 7 heterocycles. The van der Waals surface area contributed by atoms with Gasteiger partial charge in [-0.05, 0) is 118 Å². The maximum atomic E-state index is 14.4. The summed E-state index contributed by atoms with van der Waals surface area (Å²) in [6.45, 7) is 23.7. The third kappa shape index (κ3) is 14.6. The summed E-state index contributed by atoms with van der Waals surface area (Å²) in [5, 5.41) is 36.4. The zero-order valence-corrected chi connectivity index (χ0v) is 56.4. The summed E-state index contributed by atoms with van der Waals surface area (Å²) in [7, 11) is -5.32. The molecule has 0 spiro atoms. The summed E-state index contributed by atoms with van der Waals surface area (Å²) in [5.74, 6) is -7.40. The van der Waals surface area contributed by atoms with Gasteiger partial charge in [0.15, 0.2) is 6.23 Å². The van der Waals surface area contributed by atoms with Gasteiger partial charge in [-0.3, -0.25) is 53.1 Å². The number of benzene rings is 1. The van der Waals surface area contributed by atoms with Crippen molar-refractivity contribution in [2.24, 2.45) is 94.7 Å². The van der Waals surface area contributed by atoms with Crippen molar-refractivity contribution in [2.75, 3.05) is 13.2 Å². The SMILES string of the molecule is CC1=C2N=C(C=C3N=C(/C(C)=C4\[N-][C@@](C)([C@H]5N=C1[C@](C)(CCC(=O)NC[C@@H](C)OP(=O)([O-])O[C@H]1[C@@H](O)[C@@H](n6cnc7cc(C)c(C)cc76)O[C@H]1CO)[C@H]5CC(N)=O)[C@@](C)(CC(N)=O)[C@@H]4CCC(N)=O)[C@@](C)(CC(N)=O)[C@@H]3CCC(N)=O)C(C)(C)[C@@H]2CCC(N)=O.[C-]#N.[Co+3]. The number of aliphatic hydroxyl groups excluding tert-OH is 2. The van der Waals surface area contributed by atoms with E-state index >= 15 is 0 Å². The molecule has 15 atom stereocenters. The number of imidazole rings is 1. The van der Waals surface area contributed by atoms with E-state index in [0.29, 0.717) is 56.4 Å². The molecule has 6 aliphatic heterocycles. The fourth-order valence-corrected chi connectivity index (χ4v) is 16.4. The van der Waals surface area contributed by atoms with Gasteiger partial charge in [0, 0.05) is 114 Å². The smallest absolute Gasteiger partial charge is 0.756 e. The molecule has 93 heavy (non-hydrogen) atoms. The van der Waals surface area contributed by atoms with Gasteiger partial charge in [0.25, 0.3) is 7.82 Å². The Balaban J connectivity index is 0.00000453. The van der Waals surface area contributed by atoms with Gasteiger partial charge < -0.3 is 90.3 Å². The van der Waals surface area contributed by atoms with E-state index in [-0.39, 0.29) is 94.0 Å². The van der Waals surface area contributed by atoms with Crippen LogP contribution in [0.2, 0.25) is 0 Å². The van der Waals surface area contributed by atoms with Crippen LogP contribution in [0.4, 0.5) is 0 Å². The first kappa shape index (κ1) is 75.0. The topological polar surface area (TPSA) is 489 Å². The van der Waals surface area contributed by atoms with Crippen LogP contribution in [0.1, 0.15) is 150 Å². The summed E-state index contributed by atoms with van der Waals surface area (Å²) < 4.78 is 31.9. The number of aliphatic imine (C=N–C) groups is 3. The minimum absolute atomic E-state index is 0. The molecule has 8 rings (SSSR count). The van der Waals surface area contributed by atoms with Crippen molar-refractivity contribution in [3.63, 3.8) is 0 Å². The van der Waals surface area contributed by atoms with Crippen molar-refractivity contribution < 1.29 is 83.8 Å². The number of allylic oxidation sites excluding steroid dienone is 6. The number of nitrogens with zero attached hydrogens (tertiary/aromatic N) is 7. The standard InChI is InChI=1S/C62H90N13O14P.CN.Co/c1-29-20-39-40(21-30(29)2)75(28-70-39)57-52(84)53(41(27-76)87-57)89-90(85,86)88-31(3)26-69-49(83)18-19-59(8)37(22-46(66)80)56-62(11)61(10,25-48(68)82)36(14-17-45(65)79)51(74-62)33(5)55-60(9,24-47(67)81)34(12-15-43(63)77)38(71-55)23-42-58(6,7)35(13-16-44(64)78)50(72-42)32(4)54(59)73-56;1-2;/h20-21,23,28,31,34-37,41,52-53,56-57,76,84H,12-19,22,24-27H2,1-11H3,(H15,63,64,65,66,67,68,69,71,72,73,74,77,78,79,80,81,82,83,85,86);;/q;-1;+3/p-2/t31-,34-,35-,36-,37+,41+,52-,53-,56+,57+,59-,60+,61+,62+;;/m1../s1. The average molecular weight is 1360 g/mol. The van der Waals surface area contributed by atoms with Crippen molar-refractivity contribution >= 4 is 77.3 Å². The van der Waals surface area contributed by atoms with Crippen LogP contribution in [0.5, 0.6) is 0 Å². The van der Waals surface area contributed by atoms with Gasteiger partial charge in [0.05, 0.1) is 30.1 Å². The first-order valence-corrected chi connectivity index (χ1v) is 32.2. The number of phosphoric acid groups is 1. The Kier molecular flexibility index (Phi) is 23.0. The van der Waals surface area contributed by atoms with E-state index in [4.69, 9.17) is 80.3 Å². The monoisotopic (exact) mass is 1350 g/mol. The number of nitrogens with two attached hydrogens (primary N) is 6. The van der Waals surface area contributed by atoms with Crippen molar-refractivity contribution in [1.29, 1.82) is 5.26 Å². The van der Waals surface area contributed by atoms with E-state index in [1.807, 2.05) is 80.5 Å². The van der Waals surface area contributed by atoms with Gasteiger partial charge in [0.1, 0.15) is 18.3 Å². The van der Waals surface area contributed by atoms with Gasteiger partial charge in [-0.2, -0.15) is 5.70 Å². The largest absolute Gasteiger partial charge is 3.00 e. The molecule has 1 aromatic heterocycles. The zero-order valence-electron chi connectivity index (χ0n) is 54.4. The van der Waals surface area contributed by atoms with Crippen LogP contribution < -0.4 is 44.6 Å². The Morgan fingerprint density at radius 1 is 0.806 bits per heavy atom. The second kappa shape index (κ2) is 28.5. The average Bonchev–Trinajstić information content (AvgIpc) is 1.53. The molecule has 1 aromatic carbocycles. The number of nitrogens with one attached hydrogen (secondary N) is 1. The van der Waals surface area contributed by atoms with Crippen LogP contribution in [0.3, 0.4) is 0 Å². The van der Waals surface area contributed by atoms with E-state index in [2.05, 4.69) is 10.3 Å². The number of aryl methyl sites for hydroxylation is 2. The molecule has 28 nitrogen and oxygen atoms in total. The predicted molar refractivity (Wildman–Crippen MR) is 337 cm³/mol. The number of amides is 7. The minimum atomic E-state index is -5.32. The van der Waals surface area contributed by atoms with Crippen molar-refractivity contribution in [3.05, 3.63) is 75.8 Å². The number of hydrogen-bond donors (Lipinski definition) is 9. The molecule has 6 aliphatic rings. The van der Waals surface area contributed by atoms with Gasteiger partial charge in [-0.15, -0.1) is 0 Å². The van der Waals surface area contributed by atoms with Crippen molar-refractivity contribution in [1.82, 2.24) is 14.9 Å². The van der Waals surface area contributed by atoms with Crippen LogP contribution in [-0.2, 0) is 68.7 Å². The molecule has 0 radical (unpaired) electrons. The number of rotatable bonds is 26. The second-order valence-electron chi connectivity index (χ2n) is 27.0. The molecule has 8 bridgehead atoms. The van der Waals surface area contributed by atoms with Crippen LogP contribution in [-0.4, -0.2) is 127 Å². The fourth-order valence-electron chi connectivity index (χ4n) is 15.3. The maximum absolute atomic E-state index is 14.4. The molecule has 7 amide bonds. The Hall–Kier alpha value is -7.00. The summed E-state index contributed by atoms with van der Waals surface area (Å²) in [5.41, 5.74) is 36.7. The Bertz CT molecular complexity index is 3600. The Labute approximate surface area is 551 Å². The summed E-state index contributed by atoms with van der Waals surface area (Å²) >= 11 is 0. The number of primary amides is 6. The Morgan fingerprint density at radius 3 is 1.96 bits per heavy atom. The van der Waals surface area contributed by atoms with Crippen LogP contribution in [0.15, 0.2) is 67.8 Å². The maximum Gasteiger partial charge on any atom is 3.00 e. The number of aromatic nitrogens is 2. The molecule has 2 saturated heterocycles. The molecule has 15 N–H and O–H groups in total. The summed E-state index contributed by atoms with van der Waals surface area (Å²) in [4.78, 5) is 128. The fraction of sp³-hybridized carbons (Fsp3) is 0.619. The van der Waals surface area contributed by atoms with Gasteiger partial charge in [-0.25, -0.2) is 4.98 Å². The quantitative estimate of drug-likeness (QED) is 0.0481. The molecule has 0 aliphatic carbocycles. The van der Waals surface area contributed by atoms with Crippen LogP contribution in [0.25, 0.3) is 16.4 Å². The van der Waals surface area contributed by atoms with Crippen LogP contribution >= 0.6 is 7.82 Å². The molecule has 0 saturated carbocycles. The first-order valence-electron chi connectivity index (χ1n) is 30.7. The predicted octanol–water partition coefficient (Wildman–Crippen LogP) is 3.41. The summed E-state index contributed by atoms with van der Waals surface area (Å²) in [6.07, 6.45) is -4.79. The number of aliphatic hydroxyl groups is 2. The van der Waals surface area contributed by atoms with E-state index in [0.717, 1.165) is 11.1 Å². The van der Waals surface area contributed by atoms with Crippen molar-refractivity contribution in [3.8, 4) is 0 Å². The molecule has 30 heteroatoms. The summed E-state index contributed by atoms with van der Waals surface area (Å²) in [6, 6.07) is 2.65. The number of phosphoric ester groups is 1. The molecular formula is C63H88CoN14O14P. The van der Waals surface area contributed by atoms with E-state index in [9.17, 15) is 53.2 Å². The molecular weight excluding hydrogens is 1270 g/mol. The molecule has 1 unspecified atom stereocenters. The Morgan fingerprint density at radius 2 is 1.39 bits per heavy atom. The molecule has 508 valence electrons. The first-order chi connectivity index (χ1) is 42.8. The molecule has 2 fully saturated rings. The van der Waals surface area contributed by atoms with Gasteiger partial charge in [-0.1, -0.05) is 47.1 Å². The number of ether oxygens (including phenoxy) is 1. The van der Waals surface area contributed by atoms with E-state index in [1.165, 1.54) is 17.8 Å². The minimum Gasteiger partial charge on any atom is -0.756 e. The van der Waals surface area contributed by atoms with Crippen molar-refractivity contribution in [2.45, 2.75) is 189 Å².